The average molecular weight is 301 g/mol. The number of carbonyl (C=O) groups excluding carboxylic acids is 1. The molecule has 6 nitrogen and oxygen atoms in total. The average Bonchev–Trinajstić information content (AvgIpc) is 3.28. The zero-order chi connectivity index (χ0) is 14.9. The lowest BCUT2D eigenvalue weighted by Gasteiger charge is -2.32. The molecule has 2 saturated heterocycles. The summed E-state index contributed by atoms with van der Waals surface area (Å²) < 4.78 is 10.4. The number of amides is 1. The van der Waals surface area contributed by atoms with Gasteiger partial charge in [0.15, 0.2) is 11.5 Å². The van der Waals surface area contributed by atoms with Gasteiger partial charge in [-0.15, -0.1) is 0 Å². The van der Waals surface area contributed by atoms with Crippen LogP contribution in [0.4, 0.5) is 0 Å². The van der Waals surface area contributed by atoms with Crippen LogP contribution >= 0.6 is 0 Å². The van der Waals surface area contributed by atoms with E-state index in [-0.39, 0.29) is 11.9 Å². The van der Waals surface area contributed by atoms with E-state index < -0.39 is 0 Å². The van der Waals surface area contributed by atoms with Crippen LogP contribution in [-0.4, -0.2) is 41.1 Å². The normalized spacial score (nSPS) is 25.1. The van der Waals surface area contributed by atoms with Crippen molar-refractivity contribution >= 4 is 5.91 Å². The van der Waals surface area contributed by atoms with E-state index in [1.54, 1.807) is 24.5 Å². The van der Waals surface area contributed by atoms with Crippen molar-refractivity contribution in [3.8, 4) is 11.5 Å². The summed E-state index contributed by atoms with van der Waals surface area (Å²) in [5, 5.41) is 6.98. The standard InChI is InChI=1S/C16H19N3O3/c20-16(12-10-15(22-18-12)14-5-3-9-21-14)17-11-6-8-19-7-2-1-4-13(11)19/h3,5,9-11,13H,1-2,4,6-8H2,(H,17,20)/t11-,13-/m0/s1. The number of nitrogens with one attached hydrogen (secondary N) is 1. The number of hydrogen-bond donors (Lipinski definition) is 1. The lowest BCUT2D eigenvalue weighted by molar-refractivity contribution is 0.0906. The fourth-order valence-corrected chi connectivity index (χ4v) is 3.58. The van der Waals surface area contributed by atoms with Gasteiger partial charge in [0.2, 0.25) is 5.76 Å². The van der Waals surface area contributed by atoms with Gasteiger partial charge in [-0.3, -0.25) is 9.69 Å². The van der Waals surface area contributed by atoms with Crippen molar-refractivity contribution in [2.75, 3.05) is 13.1 Å². The highest BCUT2D eigenvalue weighted by atomic mass is 16.5. The van der Waals surface area contributed by atoms with Gasteiger partial charge in [0.25, 0.3) is 5.91 Å². The first-order valence-corrected chi connectivity index (χ1v) is 7.87. The third kappa shape index (κ3) is 2.43. The molecule has 2 atom stereocenters. The van der Waals surface area contributed by atoms with E-state index in [9.17, 15) is 4.79 Å². The van der Waals surface area contributed by atoms with Gasteiger partial charge in [-0.2, -0.15) is 0 Å². The molecule has 0 aromatic carbocycles. The SMILES string of the molecule is O=C(N[C@H]1CCN2CCCC[C@@H]12)c1cc(-c2ccco2)on1. The number of nitrogens with zero attached hydrogens (tertiary/aromatic N) is 2. The maximum Gasteiger partial charge on any atom is 0.273 e. The fourth-order valence-electron chi connectivity index (χ4n) is 3.58. The van der Waals surface area contributed by atoms with Crippen molar-refractivity contribution in [3.63, 3.8) is 0 Å². The van der Waals surface area contributed by atoms with Gasteiger partial charge in [-0.1, -0.05) is 11.6 Å². The van der Waals surface area contributed by atoms with E-state index in [0.29, 0.717) is 23.3 Å². The second-order valence-electron chi connectivity index (χ2n) is 6.02. The zero-order valence-corrected chi connectivity index (χ0v) is 12.3. The summed E-state index contributed by atoms with van der Waals surface area (Å²) >= 11 is 0. The predicted molar refractivity (Wildman–Crippen MR) is 79.3 cm³/mol. The highest BCUT2D eigenvalue weighted by molar-refractivity contribution is 5.93. The van der Waals surface area contributed by atoms with Crippen LogP contribution in [0, 0.1) is 0 Å². The van der Waals surface area contributed by atoms with Crippen LogP contribution in [-0.2, 0) is 0 Å². The molecule has 0 aliphatic carbocycles. The van der Waals surface area contributed by atoms with Crippen LogP contribution in [0.25, 0.3) is 11.5 Å². The third-order valence-corrected chi connectivity index (χ3v) is 4.68. The Kier molecular flexibility index (Phi) is 3.46. The zero-order valence-electron chi connectivity index (χ0n) is 12.3. The van der Waals surface area contributed by atoms with Crippen molar-refractivity contribution in [1.29, 1.82) is 0 Å². The molecule has 0 saturated carbocycles. The fraction of sp³-hybridized carbons (Fsp3) is 0.500. The van der Waals surface area contributed by atoms with Gasteiger partial charge in [0, 0.05) is 24.7 Å². The number of furan rings is 1. The minimum atomic E-state index is -0.168. The molecule has 4 heterocycles. The first-order chi connectivity index (χ1) is 10.8. The summed E-state index contributed by atoms with van der Waals surface area (Å²) in [7, 11) is 0. The molecule has 1 N–H and O–H groups in total. The Hall–Kier alpha value is -2.08. The first-order valence-electron chi connectivity index (χ1n) is 7.87. The van der Waals surface area contributed by atoms with Gasteiger partial charge >= 0.3 is 0 Å². The van der Waals surface area contributed by atoms with Crippen LogP contribution in [0.2, 0.25) is 0 Å². The van der Waals surface area contributed by atoms with E-state index in [1.165, 1.54) is 19.3 Å². The Balaban J connectivity index is 1.44. The van der Waals surface area contributed by atoms with Crippen molar-refractivity contribution in [3.05, 3.63) is 30.2 Å². The third-order valence-electron chi connectivity index (χ3n) is 4.68. The highest BCUT2D eigenvalue weighted by Gasteiger charge is 2.36. The van der Waals surface area contributed by atoms with Crippen LogP contribution in [0.3, 0.4) is 0 Å². The Labute approximate surface area is 128 Å². The molecule has 2 aliphatic heterocycles. The summed E-state index contributed by atoms with van der Waals surface area (Å²) in [4.78, 5) is 14.9. The summed E-state index contributed by atoms with van der Waals surface area (Å²) in [6, 6.07) is 5.87. The van der Waals surface area contributed by atoms with Crippen molar-refractivity contribution < 1.29 is 13.7 Å². The molecular weight excluding hydrogens is 282 g/mol. The van der Waals surface area contributed by atoms with E-state index in [2.05, 4.69) is 15.4 Å². The van der Waals surface area contributed by atoms with Crippen LogP contribution in [0.15, 0.2) is 33.4 Å². The molecule has 0 bridgehead atoms. The maximum atomic E-state index is 12.4. The van der Waals surface area contributed by atoms with Gasteiger partial charge < -0.3 is 14.3 Å². The maximum absolute atomic E-state index is 12.4. The Bertz CT molecular complexity index is 649. The summed E-state index contributed by atoms with van der Waals surface area (Å²) in [5.41, 5.74) is 0.306. The predicted octanol–water partition coefficient (Wildman–Crippen LogP) is 2.29. The molecule has 1 amide bonds. The van der Waals surface area contributed by atoms with Crippen molar-refractivity contribution in [2.24, 2.45) is 0 Å². The molecule has 0 spiro atoms. The number of carbonyl (C=O) groups is 1. The topological polar surface area (TPSA) is 71.5 Å². The quantitative estimate of drug-likeness (QED) is 0.941. The highest BCUT2D eigenvalue weighted by Crippen LogP contribution is 2.27. The lowest BCUT2D eigenvalue weighted by Crippen LogP contribution is -2.46. The molecule has 0 unspecified atom stereocenters. The molecule has 2 fully saturated rings. The first kappa shape index (κ1) is 13.6. The largest absolute Gasteiger partial charge is 0.461 e. The molecule has 6 heteroatoms. The van der Waals surface area contributed by atoms with Crippen molar-refractivity contribution in [1.82, 2.24) is 15.4 Å². The van der Waals surface area contributed by atoms with Crippen LogP contribution < -0.4 is 5.32 Å². The minimum absolute atomic E-state index is 0.168. The molecule has 2 aromatic rings. The van der Waals surface area contributed by atoms with E-state index in [0.717, 1.165) is 19.5 Å². The Morgan fingerprint density at radius 1 is 1.27 bits per heavy atom. The van der Waals surface area contributed by atoms with E-state index >= 15 is 0 Å². The Morgan fingerprint density at radius 3 is 3.09 bits per heavy atom. The number of fused-ring (bicyclic) bond motifs is 1. The molecule has 4 rings (SSSR count). The monoisotopic (exact) mass is 301 g/mol. The second-order valence-corrected chi connectivity index (χ2v) is 6.02. The van der Waals surface area contributed by atoms with E-state index in [4.69, 9.17) is 8.94 Å². The van der Waals surface area contributed by atoms with Gasteiger partial charge in [0.1, 0.15) is 0 Å². The van der Waals surface area contributed by atoms with Gasteiger partial charge in [-0.05, 0) is 37.9 Å². The molecule has 2 aromatic heterocycles. The number of piperidine rings is 1. The number of hydrogen-bond acceptors (Lipinski definition) is 5. The molecule has 2 aliphatic rings. The molecular formula is C16H19N3O3. The minimum Gasteiger partial charge on any atom is -0.461 e. The van der Waals surface area contributed by atoms with Crippen LogP contribution in [0.5, 0.6) is 0 Å². The Morgan fingerprint density at radius 2 is 2.23 bits per heavy atom. The second kappa shape index (κ2) is 5.61. The van der Waals surface area contributed by atoms with E-state index in [1.807, 2.05) is 0 Å². The van der Waals surface area contributed by atoms with Crippen LogP contribution in [0.1, 0.15) is 36.2 Å². The summed E-state index contributed by atoms with van der Waals surface area (Å²) in [5.74, 6) is 0.880. The smallest absolute Gasteiger partial charge is 0.273 e. The summed E-state index contributed by atoms with van der Waals surface area (Å²) in [6.45, 7) is 2.23. The summed E-state index contributed by atoms with van der Waals surface area (Å²) in [6.07, 6.45) is 6.27. The van der Waals surface area contributed by atoms with Gasteiger partial charge in [-0.25, -0.2) is 0 Å². The lowest BCUT2D eigenvalue weighted by atomic mass is 9.99. The molecule has 116 valence electrons. The van der Waals surface area contributed by atoms with Crippen molar-refractivity contribution in [2.45, 2.75) is 37.8 Å². The molecule has 0 radical (unpaired) electrons. The number of rotatable bonds is 3. The number of aromatic nitrogens is 1. The molecule has 22 heavy (non-hydrogen) atoms. The van der Waals surface area contributed by atoms with Gasteiger partial charge in [0.05, 0.1) is 6.26 Å².